The molecule has 25 heavy (non-hydrogen) atoms. The van der Waals surface area contributed by atoms with Crippen LogP contribution in [0, 0.1) is 13.8 Å². The number of nitrogens with one attached hydrogen (secondary N) is 1. The third-order valence-corrected chi connectivity index (χ3v) is 4.42. The molecule has 1 fully saturated rings. The summed E-state index contributed by atoms with van der Waals surface area (Å²) < 4.78 is 5.75. The second-order valence-electron chi connectivity index (χ2n) is 6.62. The van der Waals surface area contributed by atoms with E-state index in [0.717, 1.165) is 58.0 Å². The Labute approximate surface area is 170 Å². The number of ether oxygens (including phenoxy) is 1. The van der Waals surface area contributed by atoms with Crippen molar-refractivity contribution in [3.05, 3.63) is 34.9 Å². The van der Waals surface area contributed by atoms with Gasteiger partial charge in [0.2, 0.25) is 0 Å². The normalized spacial score (nSPS) is 15.8. The molecule has 1 heterocycles. The summed E-state index contributed by atoms with van der Waals surface area (Å²) in [5.74, 6) is 1.05. The quantitative estimate of drug-likeness (QED) is 0.398. The fraction of sp³-hybridized carbons (Fsp3) is 0.650. The second kappa shape index (κ2) is 11.7. The number of aryl methyl sites for hydroxylation is 2. The van der Waals surface area contributed by atoms with Crippen molar-refractivity contribution in [2.24, 2.45) is 4.99 Å². The average molecular weight is 459 g/mol. The maximum Gasteiger partial charge on any atom is 0.193 e. The predicted molar refractivity (Wildman–Crippen MR) is 117 cm³/mol. The van der Waals surface area contributed by atoms with Crippen LogP contribution in [-0.2, 0) is 11.2 Å². The molecule has 0 aromatic heterocycles. The Kier molecular flexibility index (Phi) is 10.4. The Bertz CT molecular complexity index is 519. The first-order valence-corrected chi connectivity index (χ1v) is 9.34. The van der Waals surface area contributed by atoms with Crippen molar-refractivity contribution in [1.82, 2.24) is 10.2 Å². The Balaban J connectivity index is 0.00000312. The van der Waals surface area contributed by atoms with E-state index in [1.165, 1.54) is 16.7 Å². The van der Waals surface area contributed by atoms with Crippen LogP contribution in [-0.4, -0.2) is 49.7 Å². The summed E-state index contributed by atoms with van der Waals surface area (Å²) in [7, 11) is 0. The zero-order valence-corrected chi connectivity index (χ0v) is 18.5. The van der Waals surface area contributed by atoms with Crippen LogP contribution in [0.25, 0.3) is 0 Å². The molecule has 1 aliphatic rings. The van der Waals surface area contributed by atoms with Gasteiger partial charge in [-0.3, -0.25) is 4.99 Å². The molecule has 0 amide bonds. The molecule has 0 bridgehead atoms. The van der Waals surface area contributed by atoms with Crippen LogP contribution in [0.2, 0.25) is 0 Å². The Morgan fingerprint density at radius 1 is 1.16 bits per heavy atom. The van der Waals surface area contributed by atoms with E-state index in [9.17, 15) is 0 Å². The van der Waals surface area contributed by atoms with Crippen LogP contribution >= 0.6 is 24.0 Å². The zero-order valence-electron chi connectivity index (χ0n) is 16.2. The fourth-order valence-electron chi connectivity index (χ4n) is 3.40. The van der Waals surface area contributed by atoms with E-state index in [1.807, 2.05) is 0 Å². The standard InChI is InChI=1S/C20H33N3O.HI/c1-5-21-20(23-11-8-19(9-12-23)24-6-2)22-10-7-18-14-16(3)13-17(4)15-18;/h13-15,19H,5-12H2,1-4H3,(H,21,22);1H. The molecular formula is C20H34IN3O. The van der Waals surface area contributed by atoms with Crippen molar-refractivity contribution >= 4 is 29.9 Å². The summed E-state index contributed by atoms with van der Waals surface area (Å²) in [5.41, 5.74) is 4.04. The van der Waals surface area contributed by atoms with E-state index >= 15 is 0 Å². The van der Waals surface area contributed by atoms with Gasteiger partial charge in [-0.15, -0.1) is 24.0 Å². The molecule has 0 radical (unpaired) electrons. The molecule has 0 unspecified atom stereocenters. The van der Waals surface area contributed by atoms with Gasteiger partial charge in [-0.25, -0.2) is 0 Å². The molecule has 1 N–H and O–H groups in total. The number of halogens is 1. The monoisotopic (exact) mass is 459 g/mol. The summed E-state index contributed by atoms with van der Waals surface area (Å²) in [4.78, 5) is 7.23. The van der Waals surface area contributed by atoms with Crippen molar-refractivity contribution in [2.75, 3.05) is 32.8 Å². The molecule has 1 aromatic carbocycles. The molecule has 4 nitrogen and oxygen atoms in total. The SMILES string of the molecule is CCNC(=NCCc1cc(C)cc(C)c1)N1CCC(OCC)CC1.I. The van der Waals surface area contributed by atoms with Gasteiger partial charge in [-0.2, -0.15) is 0 Å². The van der Waals surface area contributed by atoms with E-state index in [-0.39, 0.29) is 24.0 Å². The van der Waals surface area contributed by atoms with Gasteiger partial charge in [0.1, 0.15) is 0 Å². The summed E-state index contributed by atoms with van der Waals surface area (Å²) in [6.45, 7) is 13.1. The number of nitrogens with zero attached hydrogens (tertiary/aromatic N) is 2. The zero-order chi connectivity index (χ0) is 17.4. The third-order valence-electron chi connectivity index (χ3n) is 4.42. The van der Waals surface area contributed by atoms with E-state index in [1.54, 1.807) is 0 Å². The lowest BCUT2D eigenvalue weighted by molar-refractivity contribution is 0.0264. The smallest absolute Gasteiger partial charge is 0.193 e. The number of benzene rings is 1. The first-order valence-electron chi connectivity index (χ1n) is 9.34. The van der Waals surface area contributed by atoms with E-state index in [4.69, 9.17) is 9.73 Å². The van der Waals surface area contributed by atoms with Crippen molar-refractivity contribution in [1.29, 1.82) is 0 Å². The lowest BCUT2D eigenvalue weighted by Gasteiger charge is -2.34. The Hall–Kier alpha value is -0.820. The van der Waals surface area contributed by atoms with Crippen molar-refractivity contribution in [2.45, 2.75) is 53.1 Å². The molecule has 0 saturated carbocycles. The summed E-state index contributed by atoms with van der Waals surface area (Å²) in [6, 6.07) is 6.76. The Morgan fingerprint density at radius 3 is 2.36 bits per heavy atom. The number of rotatable bonds is 6. The molecule has 0 atom stereocenters. The van der Waals surface area contributed by atoms with Gasteiger partial charge < -0.3 is 15.0 Å². The van der Waals surface area contributed by atoms with Gasteiger partial charge in [0.05, 0.1) is 6.10 Å². The molecule has 1 saturated heterocycles. The first-order chi connectivity index (χ1) is 11.6. The highest BCUT2D eigenvalue weighted by atomic mass is 127. The lowest BCUT2D eigenvalue weighted by atomic mass is 10.1. The van der Waals surface area contributed by atoms with Crippen LogP contribution in [0.1, 0.15) is 43.4 Å². The minimum Gasteiger partial charge on any atom is -0.378 e. The highest BCUT2D eigenvalue weighted by Crippen LogP contribution is 2.14. The molecule has 2 rings (SSSR count). The molecule has 1 aliphatic heterocycles. The van der Waals surface area contributed by atoms with Gasteiger partial charge in [0.25, 0.3) is 0 Å². The number of likely N-dealkylation sites (tertiary alicyclic amines) is 1. The highest BCUT2D eigenvalue weighted by Gasteiger charge is 2.21. The molecule has 5 heteroatoms. The van der Waals surface area contributed by atoms with Crippen LogP contribution in [0.3, 0.4) is 0 Å². The largest absolute Gasteiger partial charge is 0.378 e. The number of piperidine rings is 1. The van der Waals surface area contributed by atoms with Crippen molar-refractivity contribution in [3.63, 3.8) is 0 Å². The second-order valence-corrected chi connectivity index (χ2v) is 6.62. The van der Waals surface area contributed by atoms with Crippen LogP contribution in [0.5, 0.6) is 0 Å². The number of hydrogen-bond acceptors (Lipinski definition) is 2. The van der Waals surface area contributed by atoms with Gasteiger partial charge in [0.15, 0.2) is 5.96 Å². The van der Waals surface area contributed by atoms with Crippen LogP contribution < -0.4 is 5.32 Å². The van der Waals surface area contributed by atoms with Gasteiger partial charge >= 0.3 is 0 Å². The number of guanidine groups is 1. The summed E-state index contributed by atoms with van der Waals surface area (Å²) in [5, 5.41) is 3.44. The van der Waals surface area contributed by atoms with Crippen LogP contribution in [0.15, 0.2) is 23.2 Å². The minimum absolute atomic E-state index is 0. The molecule has 0 aliphatic carbocycles. The molecule has 1 aromatic rings. The van der Waals surface area contributed by atoms with Crippen molar-refractivity contribution < 1.29 is 4.74 Å². The molecule has 142 valence electrons. The third kappa shape index (κ3) is 7.52. The molecular weight excluding hydrogens is 425 g/mol. The maximum absolute atomic E-state index is 5.75. The van der Waals surface area contributed by atoms with E-state index < -0.39 is 0 Å². The summed E-state index contributed by atoms with van der Waals surface area (Å²) in [6.07, 6.45) is 3.60. The predicted octanol–water partition coefficient (Wildman–Crippen LogP) is 3.93. The van der Waals surface area contributed by atoms with E-state index in [0.29, 0.717) is 6.10 Å². The number of aliphatic imine (C=N–C) groups is 1. The highest BCUT2D eigenvalue weighted by molar-refractivity contribution is 14.0. The van der Waals surface area contributed by atoms with Gasteiger partial charge in [-0.1, -0.05) is 29.3 Å². The summed E-state index contributed by atoms with van der Waals surface area (Å²) >= 11 is 0. The Morgan fingerprint density at radius 2 is 1.80 bits per heavy atom. The average Bonchev–Trinajstić information content (AvgIpc) is 2.54. The first kappa shape index (κ1) is 22.2. The van der Waals surface area contributed by atoms with Crippen LogP contribution in [0.4, 0.5) is 0 Å². The lowest BCUT2D eigenvalue weighted by Crippen LogP contribution is -2.47. The van der Waals surface area contributed by atoms with Crippen molar-refractivity contribution in [3.8, 4) is 0 Å². The molecule has 0 spiro atoms. The minimum atomic E-state index is 0. The topological polar surface area (TPSA) is 36.9 Å². The number of hydrogen-bond donors (Lipinski definition) is 1. The van der Waals surface area contributed by atoms with Gasteiger partial charge in [0, 0.05) is 32.8 Å². The maximum atomic E-state index is 5.75. The fourth-order valence-corrected chi connectivity index (χ4v) is 3.40. The van der Waals surface area contributed by atoms with Gasteiger partial charge in [-0.05, 0) is 52.5 Å². The van der Waals surface area contributed by atoms with E-state index in [2.05, 4.69) is 56.1 Å².